The molecule has 8 heteroatoms. The van der Waals surface area contributed by atoms with Crippen LogP contribution in [0.4, 0.5) is 0 Å². The van der Waals surface area contributed by atoms with Crippen LogP contribution in [0.3, 0.4) is 0 Å². The Morgan fingerprint density at radius 1 is 1.56 bits per heavy atom. The van der Waals surface area contributed by atoms with Crippen molar-refractivity contribution in [3.05, 3.63) is 23.9 Å². The molecule has 7 nitrogen and oxygen atoms in total. The number of carbonyl (C=O) groups is 1. The third-order valence-corrected chi connectivity index (χ3v) is 3.25. The minimum absolute atomic E-state index is 0.0162. The van der Waals surface area contributed by atoms with E-state index in [-0.39, 0.29) is 6.54 Å². The first-order valence-electron chi connectivity index (χ1n) is 5.13. The average molecular weight is 265 g/mol. The van der Waals surface area contributed by atoms with Gasteiger partial charge in [-0.05, 0) is 40.7 Å². The number of methoxy groups -OCH3 is 1. The van der Waals surface area contributed by atoms with Crippen LogP contribution in [0.25, 0.3) is 0 Å². The molecule has 0 radical (unpaired) electrons. The monoisotopic (exact) mass is 265 g/mol. The summed E-state index contributed by atoms with van der Waals surface area (Å²) in [6.07, 6.45) is 1.70. The summed E-state index contributed by atoms with van der Waals surface area (Å²) in [5.41, 5.74) is 1.02. The number of ether oxygens (including phenoxy) is 1. The summed E-state index contributed by atoms with van der Waals surface area (Å²) < 4.78 is 5.95. The SMILES string of the molecule is COC(=O)Cn1nnnc1Sc1ncccc1C. The fourth-order valence-corrected chi connectivity index (χ4v) is 2.02. The third-order valence-electron chi connectivity index (χ3n) is 2.15. The number of pyridine rings is 1. The van der Waals surface area contributed by atoms with E-state index in [4.69, 9.17) is 0 Å². The van der Waals surface area contributed by atoms with Gasteiger partial charge in [0.15, 0.2) is 0 Å². The lowest BCUT2D eigenvalue weighted by atomic mass is 10.3. The minimum atomic E-state index is -0.401. The van der Waals surface area contributed by atoms with Gasteiger partial charge in [0.05, 0.1) is 7.11 Å². The lowest BCUT2D eigenvalue weighted by molar-refractivity contribution is -0.141. The van der Waals surface area contributed by atoms with Crippen LogP contribution in [-0.4, -0.2) is 38.3 Å². The second kappa shape index (κ2) is 5.58. The summed E-state index contributed by atoms with van der Waals surface area (Å²) in [5.74, 6) is -0.401. The maximum atomic E-state index is 11.2. The highest BCUT2D eigenvalue weighted by atomic mass is 32.2. The smallest absolute Gasteiger partial charge is 0.327 e. The van der Waals surface area contributed by atoms with Crippen LogP contribution in [0.15, 0.2) is 28.5 Å². The molecule has 0 unspecified atom stereocenters. The predicted octanol–water partition coefficient (Wildman–Crippen LogP) is 0.701. The molecule has 0 bridgehead atoms. The number of tetrazole rings is 1. The standard InChI is InChI=1S/C10H11N5O2S/c1-7-4-3-5-11-9(7)18-10-12-13-14-15(10)6-8(16)17-2/h3-5H,6H2,1-2H3. The van der Waals surface area contributed by atoms with Gasteiger partial charge in [0, 0.05) is 6.20 Å². The summed E-state index contributed by atoms with van der Waals surface area (Å²) in [6, 6.07) is 3.81. The summed E-state index contributed by atoms with van der Waals surface area (Å²) >= 11 is 1.31. The van der Waals surface area contributed by atoms with Crippen molar-refractivity contribution in [1.29, 1.82) is 0 Å². The number of nitrogens with zero attached hydrogens (tertiary/aromatic N) is 5. The van der Waals surface area contributed by atoms with Crippen LogP contribution in [0.5, 0.6) is 0 Å². The highest BCUT2D eigenvalue weighted by molar-refractivity contribution is 7.99. The van der Waals surface area contributed by atoms with E-state index in [9.17, 15) is 4.79 Å². The molecule has 2 aromatic heterocycles. The number of rotatable bonds is 4. The molecular weight excluding hydrogens is 254 g/mol. The van der Waals surface area contributed by atoms with Crippen LogP contribution in [-0.2, 0) is 16.1 Å². The van der Waals surface area contributed by atoms with E-state index in [2.05, 4.69) is 25.2 Å². The number of hydrogen-bond acceptors (Lipinski definition) is 7. The van der Waals surface area contributed by atoms with Gasteiger partial charge < -0.3 is 4.74 Å². The van der Waals surface area contributed by atoms with E-state index in [1.807, 2.05) is 19.1 Å². The highest BCUT2D eigenvalue weighted by Gasteiger charge is 2.13. The third kappa shape index (κ3) is 2.83. The first-order valence-corrected chi connectivity index (χ1v) is 5.95. The van der Waals surface area contributed by atoms with Crippen molar-refractivity contribution in [2.45, 2.75) is 23.7 Å². The first kappa shape index (κ1) is 12.5. The first-order chi connectivity index (χ1) is 8.70. The van der Waals surface area contributed by atoms with Gasteiger partial charge in [-0.15, -0.1) is 5.10 Å². The Bertz CT molecular complexity index is 557. The number of esters is 1. The van der Waals surface area contributed by atoms with Crippen molar-refractivity contribution < 1.29 is 9.53 Å². The Labute approximate surface area is 108 Å². The van der Waals surface area contributed by atoms with Crippen molar-refractivity contribution in [3.63, 3.8) is 0 Å². The maximum absolute atomic E-state index is 11.2. The molecule has 0 amide bonds. The van der Waals surface area contributed by atoms with Crippen molar-refractivity contribution in [2.75, 3.05) is 7.11 Å². The van der Waals surface area contributed by atoms with Crippen LogP contribution >= 0.6 is 11.8 Å². The van der Waals surface area contributed by atoms with E-state index in [0.29, 0.717) is 5.16 Å². The largest absolute Gasteiger partial charge is 0.468 e. The van der Waals surface area contributed by atoms with Gasteiger partial charge in [-0.3, -0.25) is 4.79 Å². The summed E-state index contributed by atoms with van der Waals surface area (Å²) in [7, 11) is 1.32. The van der Waals surface area contributed by atoms with Crippen LogP contribution in [0, 0.1) is 6.92 Å². The molecule has 18 heavy (non-hydrogen) atoms. The van der Waals surface area contributed by atoms with Crippen molar-refractivity contribution in [1.82, 2.24) is 25.2 Å². The molecule has 0 saturated heterocycles. The fourth-order valence-electron chi connectivity index (χ4n) is 1.22. The van der Waals surface area contributed by atoms with Crippen LogP contribution in [0.1, 0.15) is 5.56 Å². The van der Waals surface area contributed by atoms with E-state index >= 15 is 0 Å². The molecule has 0 aliphatic heterocycles. The van der Waals surface area contributed by atoms with Gasteiger partial charge in [-0.2, -0.15) is 0 Å². The molecule has 0 N–H and O–H groups in total. The maximum Gasteiger partial charge on any atom is 0.327 e. The lowest BCUT2D eigenvalue weighted by Crippen LogP contribution is -2.13. The second-order valence-corrected chi connectivity index (χ2v) is 4.38. The predicted molar refractivity (Wildman–Crippen MR) is 62.9 cm³/mol. The average Bonchev–Trinajstić information content (AvgIpc) is 2.79. The van der Waals surface area contributed by atoms with Gasteiger partial charge in [0.25, 0.3) is 0 Å². The molecule has 0 aliphatic carbocycles. The van der Waals surface area contributed by atoms with Gasteiger partial charge >= 0.3 is 5.97 Å². The van der Waals surface area contributed by atoms with Crippen molar-refractivity contribution in [2.24, 2.45) is 0 Å². The number of aromatic nitrogens is 5. The van der Waals surface area contributed by atoms with Gasteiger partial charge in [-0.25, -0.2) is 9.67 Å². The highest BCUT2D eigenvalue weighted by Crippen LogP contribution is 2.25. The van der Waals surface area contributed by atoms with Gasteiger partial charge in [-0.1, -0.05) is 6.07 Å². The van der Waals surface area contributed by atoms with Crippen LogP contribution < -0.4 is 0 Å². The number of hydrogen-bond donors (Lipinski definition) is 0. The number of carbonyl (C=O) groups excluding carboxylic acids is 1. The number of aryl methyl sites for hydroxylation is 1. The summed E-state index contributed by atoms with van der Waals surface area (Å²) in [5, 5.41) is 12.4. The normalized spacial score (nSPS) is 10.3. The molecule has 0 fully saturated rings. The molecular formula is C10H11N5O2S. The van der Waals surface area contributed by atoms with E-state index in [1.165, 1.54) is 23.6 Å². The van der Waals surface area contributed by atoms with Crippen molar-refractivity contribution >= 4 is 17.7 Å². The minimum Gasteiger partial charge on any atom is -0.468 e. The summed E-state index contributed by atoms with van der Waals surface area (Å²) in [6.45, 7) is 1.93. The molecule has 0 spiro atoms. The molecule has 0 atom stereocenters. The van der Waals surface area contributed by atoms with E-state index < -0.39 is 5.97 Å². The quantitative estimate of drug-likeness (QED) is 0.752. The topological polar surface area (TPSA) is 82.8 Å². The summed E-state index contributed by atoms with van der Waals surface area (Å²) in [4.78, 5) is 15.4. The van der Waals surface area contributed by atoms with Gasteiger partial charge in [0.1, 0.15) is 11.6 Å². The van der Waals surface area contributed by atoms with Crippen LogP contribution in [0.2, 0.25) is 0 Å². The zero-order chi connectivity index (χ0) is 13.0. The lowest BCUT2D eigenvalue weighted by Gasteiger charge is -2.04. The Balaban J connectivity index is 2.18. The Hall–Kier alpha value is -1.96. The van der Waals surface area contributed by atoms with Crippen molar-refractivity contribution in [3.8, 4) is 0 Å². The second-order valence-electron chi connectivity index (χ2n) is 3.42. The van der Waals surface area contributed by atoms with E-state index in [0.717, 1.165) is 10.6 Å². The Morgan fingerprint density at radius 2 is 2.39 bits per heavy atom. The molecule has 2 rings (SSSR count). The zero-order valence-electron chi connectivity index (χ0n) is 9.90. The van der Waals surface area contributed by atoms with E-state index in [1.54, 1.807) is 6.20 Å². The zero-order valence-corrected chi connectivity index (χ0v) is 10.7. The molecule has 94 valence electrons. The molecule has 2 heterocycles. The Kier molecular flexibility index (Phi) is 3.88. The fraction of sp³-hybridized carbons (Fsp3) is 0.300. The molecule has 0 saturated carbocycles. The Morgan fingerprint density at radius 3 is 3.11 bits per heavy atom. The van der Waals surface area contributed by atoms with Gasteiger partial charge in [0.2, 0.25) is 5.16 Å². The molecule has 2 aromatic rings. The molecule has 0 aromatic carbocycles. The molecule has 0 aliphatic rings.